The number of carbonyl (C=O) groups excluding carboxylic acids is 3. The molecule has 0 heterocycles. The molecule has 0 aliphatic carbocycles. The van der Waals surface area contributed by atoms with Crippen molar-refractivity contribution in [2.75, 3.05) is 13.2 Å². The van der Waals surface area contributed by atoms with Gasteiger partial charge in [0.2, 0.25) is 5.91 Å². The van der Waals surface area contributed by atoms with E-state index in [-0.39, 0.29) is 18.7 Å². The first kappa shape index (κ1) is 16.6. The zero-order valence-electron chi connectivity index (χ0n) is 11.8. The summed E-state index contributed by atoms with van der Waals surface area (Å²) in [4.78, 5) is 34.5. The Bertz CT molecular complexity index is 533. The zero-order valence-corrected chi connectivity index (χ0v) is 11.8. The van der Waals surface area contributed by atoms with Crippen LogP contribution < -0.4 is 10.6 Å². The van der Waals surface area contributed by atoms with Gasteiger partial charge in [0.05, 0.1) is 18.7 Å². The summed E-state index contributed by atoms with van der Waals surface area (Å²) < 4.78 is 18.1. The summed E-state index contributed by atoms with van der Waals surface area (Å²) in [7, 11) is 0. The Morgan fingerprint density at radius 3 is 2.57 bits per heavy atom. The maximum Gasteiger partial charge on any atom is 0.328 e. The van der Waals surface area contributed by atoms with Crippen LogP contribution in [0.4, 0.5) is 4.39 Å². The fourth-order valence-electron chi connectivity index (χ4n) is 1.52. The molecule has 1 rings (SSSR count). The van der Waals surface area contributed by atoms with Gasteiger partial charge in [-0.15, -0.1) is 0 Å². The van der Waals surface area contributed by atoms with Crippen LogP contribution in [0.25, 0.3) is 0 Å². The van der Waals surface area contributed by atoms with Crippen molar-refractivity contribution in [1.82, 2.24) is 10.6 Å². The zero-order chi connectivity index (χ0) is 15.8. The van der Waals surface area contributed by atoms with Gasteiger partial charge in [0.1, 0.15) is 11.9 Å². The molecule has 0 aliphatic rings. The second-order valence-corrected chi connectivity index (χ2v) is 4.20. The van der Waals surface area contributed by atoms with Crippen LogP contribution in [0.15, 0.2) is 24.3 Å². The van der Waals surface area contributed by atoms with Crippen molar-refractivity contribution in [2.24, 2.45) is 0 Å². The van der Waals surface area contributed by atoms with Crippen LogP contribution in [0.3, 0.4) is 0 Å². The van der Waals surface area contributed by atoms with Crippen LogP contribution in [0.2, 0.25) is 0 Å². The Kier molecular flexibility index (Phi) is 6.32. The van der Waals surface area contributed by atoms with Crippen LogP contribution in [-0.2, 0) is 14.3 Å². The van der Waals surface area contributed by atoms with Crippen molar-refractivity contribution < 1.29 is 23.5 Å². The molecule has 0 saturated heterocycles. The number of halogens is 1. The third-order valence-corrected chi connectivity index (χ3v) is 2.55. The summed E-state index contributed by atoms with van der Waals surface area (Å²) >= 11 is 0. The first-order valence-electron chi connectivity index (χ1n) is 6.44. The Hall–Kier alpha value is -2.44. The van der Waals surface area contributed by atoms with E-state index in [1.54, 1.807) is 6.92 Å². The molecule has 7 heteroatoms. The van der Waals surface area contributed by atoms with Gasteiger partial charge in [0, 0.05) is 0 Å². The molecule has 21 heavy (non-hydrogen) atoms. The molecule has 0 fully saturated rings. The molecule has 2 amide bonds. The van der Waals surface area contributed by atoms with Crippen LogP contribution in [0.1, 0.15) is 24.2 Å². The number of benzene rings is 1. The third kappa shape index (κ3) is 5.21. The van der Waals surface area contributed by atoms with Crippen molar-refractivity contribution in [2.45, 2.75) is 19.9 Å². The quantitative estimate of drug-likeness (QED) is 0.754. The van der Waals surface area contributed by atoms with Crippen molar-refractivity contribution in [1.29, 1.82) is 0 Å². The number of carbonyl (C=O) groups is 3. The largest absolute Gasteiger partial charge is 0.464 e. The van der Waals surface area contributed by atoms with E-state index in [2.05, 4.69) is 10.6 Å². The molecule has 2 N–H and O–H groups in total. The maximum atomic E-state index is 13.3. The van der Waals surface area contributed by atoms with Crippen molar-refractivity contribution in [3.05, 3.63) is 35.6 Å². The van der Waals surface area contributed by atoms with Gasteiger partial charge in [-0.25, -0.2) is 9.18 Å². The maximum absolute atomic E-state index is 13.3. The Labute approximate surface area is 121 Å². The lowest BCUT2D eigenvalue weighted by Gasteiger charge is -2.13. The first-order valence-corrected chi connectivity index (χ1v) is 6.44. The lowest BCUT2D eigenvalue weighted by atomic mass is 10.2. The molecular formula is C14H17FN2O4. The van der Waals surface area contributed by atoms with Crippen LogP contribution >= 0.6 is 0 Å². The van der Waals surface area contributed by atoms with Crippen molar-refractivity contribution in [3.8, 4) is 0 Å². The molecule has 1 unspecified atom stereocenters. The van der Waals surface area contributed by atoms with Crippen molar-refractivity contribution >= 4 is 17.8 Å². The fourth-order valence-corrected chi connectivity index (χ4v) is 1.52. The molecule has 1 aromatic carbocycles. The summed E-state index contributed by atoms with van der Waals surface area (Å²) in [6.45, 7) is 2.97. The van der Waals surface area contributed by atoms with Gasteiger partial charge < -0.3 is 15.4 Å². The monoisotopic (exact) mass is 296 g/mol. The number of nitrogens with one attached hydrogen (secondary N) is 2. The number of rotatable bonds is 6. The number of amides is 2. The van der Waals surface area contributed by atoms with Crippen LogP contribution in [0.5, 0.6) is 0 Å². The second kappa shape index (κ2) is 7.98. The van der Waals surface area contributed by atoms with Crippen LogP contribution in [-0.4, -0.2) is 37.0 Å². The molecule has 0 spiro atoms. The fraction of sp³-hybridized carbons (Fsp3) is 0.357. The lowest BCUT2D eigenvalue weighted by molar-refractivity contribution is -0.146. The smallest absolute Gasteiger partial charge is 0.328 e. The van der Waals surface area contributed by atoms with Gasteiger partial charge in [0.15, 0.2) is 0 Å². The predicted octanol–water partition coefficient (Wildman–Crippen LogP) is 0.623. The standard InChI is InChI=1S/C14H17FN2O4/c1-3-21-14(20)9(2)17-12(18)8-16-13(19)10-6-4-5-7-11(10)15/h4-7,9H,3,8H2,1-2H3,(H,16,19)(H,17,18). The summed E-state index contributed by atoms with van der Waals surface area (Å²) in [6, 6.07) is 4.62. The number of esters is 1. The highest BCUT2D eigenvalue weighted by Crippen LogP contribution is 2.05. The van der Waals surface area contributed by atoms with E-state index in [4.69, 9.17) is 4.74 Å². The highest BCUT2D eigenvalue weighted by atomic mass is 19.1. The van der Waals surface area contributed by atoms with Crippen LogP contribution in [0, 0.1) is 5.82 Å². The Morgan fingerprint density at radius 2 is 1.95 bits per heavy atom. The van der Waals surface area contributed by atoms with Gasteiger partial charge in [-0.2, -0.15) is 0 Å². The van der Waals surface area contributed by atoms with E-state index >= 15 is 0 Å². The van der Waals surface area contributed by atoms with Gasteiger partial charge in [0.25, 0.3) is 5.91 Å². The van der Waals surface area contributed by atoms with E-state index in [1.807, 2.05) is 0 Å². The van der Waals surface area contributed by atoms with E-state index in [9.17, 15) is 18.8 Å². The van der Waals surface area contributed by atoms with Crippen molar-refractivity contribution in [3.63, 3.8) is 0 Å². The predicted molar refractivity (Wildman–Crippen MR) is 73.0 cm³/mol. The lowest BCUT2D eigenvalue weighted by Crippen LogP contribution is -2.44. The number of hydrogen-bond acceptors (Lipinski definition) is 4. The molecule has 1 atom stereocenters. The summed E-state index contributed by atoms with van der Waals surface area (Å²) in [6.07, 6.45) is 0. The minimum Gasteiger partial charge on any atom is -0.464 e. The third-order valence-electron chi connectivity index (χ3n) is 2.55. The molecule has 6 nitrogen and oxygen atoms in total. The molecular weight excluding hydrogens is 279 g/mol. The average molecular weight is 296 g/mol. The highest BCUT2D eigenvalue weighted by molar-refractivity contribution is 5.97. The molecule has 1 aromatic rings. The molecule has 0 radical (unpaired) electrons. The van der Waals surface area contributed by atoms with Gasteiger partial charge >= 0.3 is 5.97 Å². The molecule has 0 bridgehead atoms. The van der Waals surface area contributed by atoms with E-state index in [0.29, 0.717) is 0 Å². The minimum atomic E-state index is -0.817. The molecule has 0 aromatic heterocycles. The minimum absolute atomic E-state index is 0.149. The van der Waals surface area contributed by atoms with Gasteiger partial charge in [-0.3, -0.25) is 9.59 Å². The van der Waals surface area contributed by atoms with E-state index in [1.165, 1.54) is 25.1 Å². The normalized spacial score (nSPS) is 11.4. The summed E-state index contributed by atoms with van der Waals surface area (Å²) in [5.41, 5.74) is -0.149. The Balaban J connectivity index is 2.45. The number of hydrogen-bond donors (Lipinski definition) is 2. The highest BCUT2D eigenvalue weighted by Gasteiger charge is 2.17. The summed E-state index contributed by atoms with van der Waals surface area (Å²) in [5.74, 6) is -2.51. The van der Waals surface area contributed by atoms with Gasteiger partial charge in [-0.1, -0.05) is 12.1 Å². The topological polar surface area (TPSA) is 84.5 Å². The van der Waals surface area contributed by atoms with E-state index in [0.717, 1.165) is 6.07 Å². The first-order chi connectivity index (χ1) is 9.95. The molecule has 114 valence electrons. The van der Waals surface area contributed by atoms with Gasteiger partial charge in [-0.05, 0) is 26.0 Å². The SMILES string of the molecule is CCOC(=O)C(C)NC(=O)CNC(=O)c1ccccc1F. The molecule has 0 saturated carbocycles. The Morgan fingerprint density at radius 1 is 1.29 bits per heavy atom. The number of ether oxygens (including phenoxy) is 1. The summed E-state index contributed by atoms with van der Waals surface area (Å²) in [5, 5.41) is 4.64. The second-order valence-electron chi connectivity index (χ2n) is 4.20. The average Bonchev–Trinajstić information content (AvgIpc) is 2.45. The molecule has 0 aliphatic heterocycles. The van der Waals surface area contributed by atoms with E-state index < -0.39 is 29.6 Å².